The summed E-state index contributed by atoms with van der Waals surface area (Å²) in [6, 6.07) is 3.19. The average molecular weight is 238 g/mol. The van der Waals surface area contributed by atoms with Crippen LogP contribution in [0.4, 0.5) is 17.3 Å². The fraction of sp³-hybridized carbons (Fsp3) is 0.545. The zero-order valence-electron chi connectivity index (χ0n) is 10.4. The Balaban J connectivity index is 2.97. The van der Waals surface area contributed by atoms with Crippen LogP contribution >= 0.6 is 0 Å². The fourth-order valence-electron chi connectivity index (χ4n) is 1.33. The summed E-state index contributed by atoms with van der Waals surface area (Å²) in [5.74, 6) is 0.965. The van der Waals surface area contributed by atoms with E-state index in [-0.39, 0.29) is 11.7 Å². The van der Waals surface area contributed by atoms with Gasteiger partial charge in [0.15, 0.2) is 0 Å². The van der Waals surface area contributed by atoms with Crippen LogP contribution in [0.2, 0.25) is 0 Å². The van der Waals surface area contributed by atoms with Crippen molar-refractivity contribution in [2.24, 2.45) is 0 Å². The fourth-order valence-corrected chi connectivity index (χ4v) is 1.33. The first kappa shape index (κ1) is 13.2. The summed E-state index contributed by atoms with van der Waals surface area (Å²) >= 11 is 0. The third kappa shape index (κ3) is 3.90. The number of nitro groups is 1. The van der Waals surface area contributed by atoms with Gasteiger partial charge >= 0.3 is 5.69 Å². The number of nitrogens with zero attached hydrogens (tertiary/aromatic N) is 2. The lowest BCUT2D eigenvalue weighted by atomic mass is 10.3. The van der Waals surface area contributed by atoms with Crippen LogP contribution in [0.5, 0.6) is 0 Å². The van der Waals surface area contributed by atoms with Crippen molar-refractivity contribution in [2.75, 3.05) is 17.2 Å². The summed E-state index contributed by atoms with van der Waals surface area (Å²) < 4.78 is 0. The van der Waals surface area contributed by atoms with Crippen molar-refractivity contribution in [1.29, 1.82) is 0 Å². The Labute approximate surface area is 101 Å². The summed E-state index contributed by atoms with van der Waals surface area (Å²) in [7, 11) is 0. The first-order chi connectivity index (χ1) is 8.04. The van der Waals surface area contributed by atoms with Gasteiger partial charge in [-0.05, 0) is 26.3 Å². The molecule has 0 saturated heterocycles. The minimum absolute atomic E-state index is 0.000693. The van der Waals surface area contributed by atoms with Crippen LogP contribution in [-0.4, -0.2) is 22.5 Å². The molecule has 94 valence electrons. The number of rotatable bonds is 6. The predicted molar refractivity (Wildman–Crippen MR) is 68.4 cm³/mol. The highest BCUT2D eigenvalue weighted by Gasteiger charge is 2.16. The Morgan fingerprint density at radius 3 is 2.71 bits per heavy atom. The molecule has 6 heteroatoms. The van der Waals surface area contributed by atoms with Crippen molar-refractivity contribution in [3.8, 4) is 0 Å². The number of aromatic nitrogens is 1. The summed E-state index contributed by atoms with van der Waals surface area (Å²) in [4.78, 5) is 14.6. The lowest BCUT2D eigenvalue weighted by Gasteiger charge is -2.11. The van der Waals surface area contributed by atoms with Gasteiger partial charge in [-0.25, -0.2) is 4.98 Å². The number of hydrogen-bond acceptors (Lipinski definition) is 5. The zero-order valence-corrected chi connectivity index (χ0v) is 10.4. The molecule has 1 heterocycles. The van der Waals surface area contributed by atoms with Crippen LogP contribution < -0.4 is 10.6 Å². The molecule has 0 aliphatic rings. The Kier molecular flexibility index (Phi) is 4.68. The maximum atomic E-state index is 10.8. The highest BCUT2D eigenvalue weighted by atomic mass is 16.6. The number of pyridine rings is 1. The summed E-state index contributed by atoms with van der Waals surface area (Å²) in [5.41, 5.74) is 0.000693. The highest BCUT2D eigenvalue weighted by molar-refractivity contribution is 5.60. The van der Waals surface area contributed by atoms with E-state index in [2.05, 4.69) is 15.6 Å². The molecule has 0 aliphatic heterocycles. The van der Waals surface area contributed by atoms with Gasteiger partial charge < -0.3 is 10.6 Å². The maximum absolute atomic E-state index is 10.8. The van der Waals surface area contributed by atoms with E-state index in [0.29, 0.717) is 11.6 Å². The average Bonchev–Trinajstić information content (AvgIpc) is 2.25. The van der Waals surface area contributed by atoms with Crippen molar-refractivity contribution in [2.45, 2.75) is 33.2 Å². The lowest BCUT2D eigenvalue weighted by molar-refractivity contribution is -0.384. The van der Waals surface area contributed by atoms with E-state index in [9.17, 15) is 10.1 Å². The molecule has 17 heavy (non-hydrogen) atoms. The molecule has 0 aliphatic carbocycles. The first-order valence-corrected chi connectivity index (χ1v) is 5.70. The minimum atomic E-state index is -0.429. The van der Waals surface area contributed by atoms with Gasteiger partial charge in [-0.3, -0.25) is 10.1 Å². The first-order valence-electron chi connectivity index (χ1n) is 5.70. The van der Waals surface area contributed by atoms with Gasteiger partial charge in [-0.15, -0.1) is 0 Å². The second-order valence-electron chi connectivity index (χ2n) is 4.05. The second-order valence-corrected chi connectivity index (χ2v) is 4.05. The standard InChI is InChI=1S/C11H18N4O2/c1-4-7-12-10-6-5-9(15(16)17)11(14-10)13-8(2)3/h5-6,8H,4,7H2,1-3H3,(H2,12,13,14). The number of nitrogens with one attached hydrogen (secondary N) is 2. The largest absolute Gasteiger partial charge is 0.370 e. The van der Waals surface area contributed by atoms with Gasteiger partial charge in [0.05, 0.1) is 4.92 Å². The number of anilines is 2. The molecule has 0 radical (unpaired) electrons. The van der Waals surface area contributed by atoms with E-state index in [1.807, 2.05) is 20.8 Å². The molecule has 0 aromatic carbocycles. The Hall–Kier alpha value is -1.85. The van der Waals surface area contributed by atoms with Crippen molar-refractivity contribution < 1.29 is 4.92 Å². The molecule has 0 fully saturated rings. The summed E-state index contributed by atoms with van der Waals surface area (Å²) in [5, 5.41) is 16.9. The molecule has 0 bridgehead atoms. The van der Waals surface area contributed by atoms with E-state index >= 15 is 0 Å². The van der Waals surface area contributed by atoms with Gasteiger partial charge in [0.1, 0.15) is 5.82 Å². The number of hydrogen-bond donors (Lipinski definition) is 2. The molecule has 6 nitrogen and oxygen atoms in total. The Morgan fingerprint density at radius 1 is 1.47 bits per heavy atom. The van der Waals surface area contributed by atoms with Crippen LogP contribution in [0.25, 0.3) is 0 Å². The van der Waals surface area contributed by atoms with Crippen LogP contribution in [0, 0.1) is 10.1 Å². The van der Waals surface area contributed by atoms with Gasteiger partial charge in [-0.2, -0.15) is 0 Å². The smallest absolute Gasteiger partial charge is 0.311 e. The molecule has 1 aromatic heterocycles. The van der Waals surface area contributed by atoms with E-state index in [4.69, 9.17) is 0 Å². The molecule has 0 unspecified atom stereocenters. The van der Waals surface area contributed by atoms with Gasteiger partial charge in [0.2, 0.25) is 5.82 Å². The Bertz CT molecular complexity index is 393. The highest BCUT2D eigenvalue weighted by Crippen LogP contribution is 2.24. The quantitative estimate of drug-likeness (QED) is 0.588. The van der Waals surface area contributed by atoms with Crippen molar-refractivity contribution >= 4 is 17.3 Å². The molecule has 0 atom stereocenters. The molecule has 1 rings (SSSR count). The van der Waals surface area contributed by atoms with Gasteiger partial charge in [0, 0.05) is 18.7 Å². The molecule has 0 amide bonds. The molecule has 2 N–H and O–H groups in total. The van der Waals surface area contributed by atoms with Gasteiger partial charge in [-0.1, -0.05) is 6.92 Å². The van der Waals surface area contributed by atoms with Crippen molar-refractivity contribution in [3.63, 3.8) is 0 Å². The molecule has 0 spiro atoms. The van der Waals surface area contributed by atoms with Crippen LogP contribution in [0.15, 0.2) is 12.1 Å². The zero-order chi connectivity index (χ0) is 12.8. The molecular formula is C11H18N4O2. The summed E-state index contributed by atoms with van der Waals surface area (Å²) in [6.45, 7) is 6.67. The SMILES string of the molecule is CCCNc1ccc([N+](=O)[O-])c(NC(C)C)n1. The van der Waals surface area contributed by atoms with Gasteiger partial charge in [0.25, 0.3) is 0 Å². The topological polar surface area (TPSA) is 80.1 Å². The second kappa shape index (κ2) is 6.03. The van der Waals surface area contributed by atoms with Crippen LogP contribution in [-0.2, 0) is 0 Å². The predicted octanol–water partition coefficient (Wildman–Crippen LogP) is 2.63. The third-order valence-corrected chi connectivity index (χ3v) is 2.05. The maximum Gasteiger partial charge on any atom is 0.311 e. The van der Waals surface area contributed by atoms with Crippen LogP contribution in [0.3, 0.4) is 0 Å². The summed E-state index contributed by atoms with van der Waals surface area (Å²) in [6.07, 6.45) is 0.978. The molecule has 0 saturated carbocycles. The minimum Gasteiger partial charge on any atom is -0.370 e. The lowest BCUT2D eigenvalue weighted by Crippen LogP contribution is -2.14. The van der Waals surface area contributed by atoms with E-state index < -0.39 is 4.92 Å². The van der Waals surface area contributed by atoms with E-state index in [0.717, 1.165) is 13.0 Å². The molecular weight excluding hydrogens is 220 g/mol. The molecule has 1 aromatic rings. The van der Waals surface area contributed by atoms with Crippen molar-refractivity contribution in [1.82, 2.24) is 4.98 Å². The van der Waals surface area contributed by atoms with E-state index in [1.165, 1.54) is 6.07 Å². The third-order valence-electron chi connectivity index (χ3n) is 2.05. The Morgan fingerprint density at radius 2 is 2.18 bits per heavy atom. The van der Waals surface area contributed by atoms with Crippen LogP contribution in [0.1, 0.15) is 27.2 Å². The van der Waals surface area contributed by atoms with Crippen molar-refractivity contribution in [3.05, 3.63) is 22.2 Å². The normalized spacial score (nSPS) is 10.4. The van der Waals surface area contributed by atoms with E-state index in [1.54, 1.807) is 6.07 Å². The monoisotopic (exact) mass is 238 g/mol.